The van der Waals surface area contributed by atoms with Gasteiger partial charge in [0.15, 0.2) is 0 Å². The first-order valence-corrected chi connectivity index (χ1v) is 11.5. The van der Waals surface area contributed by atoms with Gasteiger partial charge in [0.2, 0.25) is 0 Å². The van der Waals surface area contributed by atoms with Gasteiger partial charge in [-0.1, -0.05) is 17.7 Å². The average molecular weight is 435 g/mol. The molecule has 4 rings (SSSR count). The van der Waals surface area contributed by atoms with Crippen molar-refractivity contribution in [3.8, 4) is 5.75 Å². The van der Waals surface area contributed by atoms with Crippen molar-refractivity contribution < 1.29 is 17.9 Å². The van der Waals surface area contributed by atoms with E-state index >= 15 is 0 Å². The molecule has 6 nitrogen and oxygen atoms in total. The van der Waals surface area contributed by atoms with Crippen molar-refractivity contribution in [3.05, 3.63) is 53.1 Å². The number of methoxy groups -OCH3 is 1. The van der Waals surface area contributed by atoms with Gasteiger partial charge in [-0.3, -0.25) is 9.52 Å². The smallest absolute Gasteiger partial charge is 0.262 e. The molecule has 1 amide bonds. The zero-order chi connectivity index (χ0) is 20.6. The van der Waals surface area contributed by atoms with Crippen LogP contribution < -0.4 is 9.46 Å². The summed E-state index contributed by atoms with van der Waals surface area (Å²) in [5, 5.41) is 0.382. The van der Waals surface area contributed by atoms with Crippen LogP contribution in [0, 0.1) is 5.92 Å². The molecule has 2 saturated carbocycles. The van der Waals surface area contributed by atoms with Crippen molar-refractivity contribution in [1.82, 2.24) is 4.90 Å². The molecular formula is C21H23ClN2O4S. The second-order valence-corrected chi connectivity index (χ2v) is 9.73. The number of amides is 1. The summed E-state index contributed by atoms with van der Waals surface area (Å²) in [6, 6.07) is 11.1. The molecule has 8 heteroatoms. The molecule has 0 bridgehead atoms. The van der Waals surface area contributed by atoms with Crippen LogP contribution in [-0.4, -0.2) is 38.9 Å². The quantitative estimate of drug-likeness (QED) is 0.676. The van der Waals surface area contributed by atoms with Gasteiger partial charge in [0.1, 0.15) is 5.75 Å². The molecule has 0 spiro atoms. The SMILES string of the molecule is COc1ccc(Cl)cc1NS(=O)(=O)c1cccc(C(=O)N(CC2CC2)C2CC2)c1. The number of halogens is 1. The van der Waals surface area contributed by atoms with Crippen LogP contribution in [0.15, 0.2) is 47.4 Å². The highest BCUT2D eigenvalue weighted by atomic mass is 35.5. The van der Waals surface area contributed by atoms with E-state index in [4.69, 9.17) is 16.3 Å². The first kappa shape index (κ1) is 20.0. The van der Waals surface area contributed by atoms with Crippen LogP contribution in [-0.2, 0) is 10.0 Å². The number of sulfonamides is 1. The number of anilines is 1. The average Bonchev–Trinajstić information content (AvgIpc) is 3.60. The van der Waals surface area contributed by atoms with E-state index in [1.807, 2.05) is 4.90 Å². The summed E-state index contributed by atoms with van der Waals surface area (Å²) in [4.78, 5) is 15.0. The summed E-state index contributed by atoms with van der Waals surface area (Å²) in [6.07, 6.45) is 4.37. The van der Waals surface area contributed by atoms with Crippen LogP contribution >= 0.6 is 11.6 Å². The van der Waals surface area contributed by atoms with Gasteiger partial charge in [-0.25, -0.2) is 8.42 Å². The van der Waals surface area contributed by atoms with E-state index in [2.05, 4.69) is 4.72 Å². The Balaban J connectivity index is 1.59. The van der Waals surface area contributed by atoms with Gasteiger partial charge in [0.05, 0.1) is 17.7 Å². The highest BCUT2D eigenvalue weighted by Gasteiger charge is 2.37. The summed E-state index contributed by atoms with van der Waals surface area (Å²) in [5.41, 5.74) is 0.628. The van der Waals surface area contributed by atoms with Crippen molar-refractivity contribution in [2.24, 2.45) is 5.92 Å². The molecule has 0 atom stereocenters. The summed E-state index contributed by atoms with van der Waals surface area (Å²) in [6.45, 7) is 0.762. The molecule has 29 heavy (non-hydrogen) atoms. The Hall–Kier alpha value is -2.25. The normalized spacial score (nSPS) is 16.3. The Morgan fingerprint density at radius 3 is 2.59 bits per heavy atom. The second kappa shape index (κ2) is 7.88. The van der Waals surface area contributed by atoms with Gasteiger partial charge in [-0.2, -0.15) is 0 Å². The van der Waals surface area contributed by atoms with Gasteiger partial charge < -0.3 is 9.64 Å². The molecule has 2 aliphatic carbocycles. The van der Waals surface area contributed by atoms with Crippen molar-refractivity contribution in [2.45, 2.75) is 36.6 Å². The highest BCUT2D eigenvalue weighted by molar-refractivity contribution is 7.92. The van der Waals surface area contributed by atoms with Crippen LogP contribution in [0.4, 0.5) is 5.69 Å². The molecule has 0 aromatic heterocycles. The molecule has 0 saturated heterocycles. The number of ether oxygens (including phenoxy) is 1. The van der Waals surface area contributed by atoms with E-state index in [-0.39, 0.29) is 22.5 Å². The van der Waals surface area contributed by atoms with E-state index in [1.165, 1.54) is 25.3 Å². The fourth-order valence-electron chi connectivity index (χ4n) is 3.29. The molecule has 0 heterocycles. The number of carbonyl (C=O) groups is 1. The van der Waals surface area contributed by atoms with Crippen molar-refractivity contribution in [1.29, 1.82) is 0 Å². The maximum atomic E-state index is 13.0. The minimum Gasteiger partial charge on any atom is -0.495 e. The van der Waals surface area contributed by atoms with Gasteiger partial charge in [-0.15, -0.1) is 0 Å². The number of hydrogen-bond acceptors (Lipinski definition) is 4. The molecule has 2 aromatic carbocycles. The first-order chi connectivity index (χ1) is 13.9. The molecule has 154 valence electrons. The number of hydrogen-bond donors (Lipinski definition) is 1. The lowest BCUT2D eigenvalue weighted by molar-refractivity contribution is 0.0734. The Bertz CT molecular complexity index is 1030. The molecule has 1 N–H and O–H groups in total. The van der Waals surface area contributed by atoms with Gasteiger partial charge in [0, 0.05) is 23.2 Å². The Labute approximate surface area is 175 Å². The number of nitrogens with zero attached hydrogens (tertiary/aromatic N) is 1. The molecule has 0 unspecified atom stereocenters. The van der Waals surface area contributed by atoms with Crippen LogP contribution in [0.2, 0.25) is 5.02 Å². The number of nitrogens with one attached hydrogen (secondary N) is 1. The molecule has 2 aliphatic rings. The molecular weight excluding hydrogens is 412 g/mol. The summed E-state index contributed by atoms with van der Waals surface area (Å²) in [7, 11) is -2.47. The lowest BCUT2D eigenvalue weighted by atomic mass is 10.2. The first-order valence-electron chi connectivity index (χ1n) is 9.65. The van der Waals surface area contributed by atoms with Crippen LogP contribution in [0.5, 0.6) is 5.75 Å². The fraction of sp³-hybridized carbons (Fsp3) is 0.381. The van der Waals surface area contributed by atoms with Gasteiger partial charge in [-0.05, 0) is 68.0 Å². The molecule has 0 aliphatic heterocycles. The minimum absolute atomic E-state index is 0.0209. The van der Waals surface area contributed by atoms with E-state index in [9.17, 15) is 13.2 Å². The second-order valence-electron chi connectivity index (χ2n) is 7.61. The number of carbonyl (C=O) groups excluding carboxylic acids is 1. The zero-order valence-corrected chi connectivity index (χ0v) is 17.7. The minimum atomic E-state index is -3.92. The topological polar surface area (TPSA) is 75.7 Å². The number of rotatable bonds is 8. The summed E-state index contributed by atoms with van der Waals surface area (Å²) in [5.74, 6) is 0.842. The van der Waals surface area contributed by atoms with E-state index < -0.39 is 10.0 Å². The Kier molecular flexibility index (Phi) is 5.44. The largest absolute Gasteiger partial charge is 0.495 e. The fourth-order valence-corrected chi connectivity index (χ4v) is 4.57. The Morgan fingerprint density at radius 2 is 1.93 bits per heavy atom. The molecule has 2 fully saturated rings. The maximum absolute atomic E-state index is 13.0. The van der Waals surface area contributed by atoms with Crippen LogP contribution in [0.3, 0.4) is 0 Å². The zero-order valence-electron chi connectivity index (χ0n) is 16.1. The third-order valence-corrected chi connectivity index (χ3v) is 6.80. The lowest BCUT2D eigenvalue weighted by Crippen LogP contribution is -2.35. The Morgan fingerprint density at radius 1 is 1.17 bits per heavy atom. The van der Waals surface area contributed by atoms with Crippen LogP contribution in [0.1, 0.15) is 36.0 Å². The van der Waals surface area contributed by atoms with Gasteiger partial charge >= 0.3 is 0 Å². The monoisotopic (exact) mass is 434 g/mol. The van der Waals surface area contributed by atoms with E-state index in [0.29, 0.717) is 22.3 Å². The number of benzene rings is 2. The third-order valence-electron chi connectivity index (χ3n) is 5.20. The standard InChI is InChI=1S/C21H23ClN2O4S/c1-28-20-10-7-16(22)12-19(20)23-29(26,27)18-4-2-3-15(11-18)21(25)24(17-8-9-17)13-14-5-6-14/h2-4,7,10-12,14,17,23H,5-6,8-9,13H2,1H3. The summed E-state index contributed by atoms with van der Waals surface area (Å²) < 4.78 is 33.6. The lowest BCUT2D eigenvalue weighted by Gasteiger charge is -2.22. The van der Waals surface area contributed by atoms with Gasteiger partial charge in [0.25, 0.3) is 15.9 Å². The van der Waals surface area contributed by atoms with E-state index in [0.717, 1.165) is 32.2 Å². The summed E-state index contributed by atoms with van der Waals surface area (Å²) >= 11 is 5.99. The predicted molar refractivity (Wildman–Crippen MR) is 112 cm³/mol. The highest BCUT2D eigenvalue weighted by Crippen LogP contribution is 2.36. The molecule has 0 radical (unpaired) electrons. The van der Waals surface area contributed by atoms with Crippen molar-refractivity contribution in [2.75, 3.05) is 18.4 Å². The third kappa shape index (κ3) is 4.67. The van der Waals surface area contributed by atoms with Crippen molar-refractivity contribution >= 4 is 33.2 Å². The predicted octanol–water partition coefficient (Wildman–Crippen LogP) is 4.16. The van der Waals surface area contributed by atoms with Crippen LogP contribution in [0.25, 0.3) is 0 Å². The van der Waals surface area contributed by atoms with Crippen molar-refractivity contribution in [3.63, 3.8) is 0 Å². The molecule has 2 aromatic rings. The van der Waals surface area contributed by atoms with E-state index in [1.54, 1.807) is 24.3 Å². The maximum Gasteiger partial charge on any atom is 0.262 e.